The molecule has 0 bridgehead atoms. The minimum atomic E-state index is 0.721. The molecule has 0 atom stereocenters. The number of hydrogen-bond acceptors (Lipinski definition) is 5. The minimum absolute atomic E-state index is 0.721. The summed E-state index contributed by atoms with van der Waals surface area (Å²) in [7, 11) is 3.93. The predicted molar refractivity (Wildman–Crippen MR) is 75.7 cm³/mol. The van der Waals surface area contributed by atoms with Crippen LogP contribution in [-0.4, -0.2) is 33.9 Å². The highest BCUT2D eigenvalue weighted by Gasteiger charge is 2.06. The standard InChI is InChI=1S/C14H19N5/c1-11-8-13(15-2)18-14(17-11)10-19(3)9-12-4-6-16-7-5-12/h4-8H,9-10H2,1-3H3,(H,15,17,18). The van der Waals surface area contributed by atoms with E-state index >= 15 is 0 Å². The second-order valence-corrected chi connectivity index (χ2v) is 4.59. The fourth-order valence-electron chi connectivity index (χ4n) is 1.93. The lowest BCUT2D eigenvalue weighted by Gasteiger charge is -2.16. The molecule has 0 fully saturated rings. The molecule has 2 heterocycles. The van der Waals surface area contributed by atoms with Crippen molar-refractivity contribution in [2.24, 2.45) is 0 Å². The van der Waals surface area contributed by atoms with Crippen LogP contribution in [0.2, 0.25) is 0 Å². The normalized spacial score (nSPS) is 10.7. The highest BCUT2D eigenvalue weighted by Crippen LogP contribution is 2.08. The molecule has 0 saturated heterocycles. The van der Waals surface area contributed by atoms with Gasteiger partial charge in [-0.15, -0.1) is 0 Å². The van der Waals surface area contributed by atoms with Gasteiger partial charge in [0.05, 0.1) is 6.54 Å². The topological polar surface area (TPSA) is 53.9 Å². The van der Waals surface area contributed by atoms with Crippen LogP contribution in [0.3, 0.4) is 0 Å². The van der Waals surface area contributed by atoms with Gasteiger partial charge in [-0.25, -0.2) is 9.97 Å². The van der Waals surface area contributed by atoms with E-state index in [0.717, 1.165) is 30.4 Å². The quantitative estimate of drug-likeness (QED) is 0.886. The van der Waals surface area contributed by atoms with Crippen molar-refractivity contribution in [1.82, 2.24) is 19.9 Å². The number of anilines is 1. The van der Waals surface area contributed by atoms with Crippen molar-refractivity contribution >= 4 is 5.82 Å². The highest BCUT2D eigenvalue weighted by molar-refractivity contribution is 5.34. The fraction of sp³-hybridized carbons (Fsp3) is 0.357. The van der Waals surface area contributed by atoms with Crippen LogP contribution in [0.1, 0.15) is 17.1 Å². The van der Waals surface area contributed by atoms with Crippen molar-refractivity contribution in [3.63, 3.8) is 0 Å². The van der Waals surface area contributed by atoms with E-state index in [1.165, 1.54) is 5.56 Å². The zero-order chi connectivity index (χ0) is 13.7. The third kappa shape index (κ3) is 3.99. The molecule has 0 aliphatic carbocycles. The monoisotopic (exact) mass is 257 g/mol. The predicted octanol–water partition coefficient (Wildman–Crippen LogP) is 1.85. The van der Waals surface area contributed by atoms with Crippen molar-refractivity contribution in [3.8, 4) is 0 Å². The van der Waals surface area contributed by atoms with Crippen molar-refractivity contribution < 1.29 is 0 Å². The molecule has 0 spiro atoms. The molecule has 2 rings (SSSR count). The SMILES string of the molecule is CNc1cc(C)nc(CN(C)Cc2ccncc2)n1. The van der Waals surface area contributed by atoms with E-state index in [-0.39, 0.29) is 0 Å². The summed E-state index contributed by atoms with van der Waals surface area (Å²) < 4.78 is 0. The highest BCUT2D eigenvalue weighted by atomic mass is 15.1. The largest absolute Gasteiger partial charge is 0.373 e. The van der Waals surface area contributed by atoms with Gasteiger partial charge < -0.3 is 5.32 Å². The summed E-state index contributed by atoms with van der Waals surface area (Å²) >= 11 is 0. The Bertz CT molecular complexity index is 527. The maximum absolute atomic E-state index is 4.46. The molecule has 5 nitrogen and oxygen atoms in total. The molecule has 1 N–H and O–H groups in total. The summed E-state index contributed by atoms with van der Waals surface area (Å²) in [4.78, 5) is 15.1. The number of nitrogens with one attached hydrogen (secondary N) is 1. The number of aromatic nitrogens is 3. The molecule has 0 unspecified atom stereocenters. The summed E-state index contributed by atoms with van der Waals surface area (Å²) in [5.74, 6) is 1.70. The number of pyridine rings is 1. The first kappa shape index (κ1) is 13.4. The van der Waals surface area contributed by atoms with Gasteiger partial charge in [0, 0.05) is 37.7 Å². The third-order valence-electron chi connectivity index (χ3n) is 2.77. The first-order chi connectivity index (χ1) is 9.17. The molecule has 2 aromatic heterocycles. The van der Waals surface area contributed by atoms with E-state index in [2.05, 4.69) is 32.2 Å². The van der Waals surface area contributed by atoms with Gasteiger partial charge in [-0.3, -0.25) is 9.88 Å². The van der Waals surface area contributed by atoms with Crippen LogP contribution in [0.4, 0.5) is 5.82 Å². The number of rotatable bonds is 5. The van der Waals surface area contributed by atoms with Crippen LogP contribution in [0.15, 0.2) is 30.6 Å². The van der Waals surface area contributed by atoms with E-state index in [0.29, 0.717) is 0 Å². The molecule has 100 valence electrons. The van der Waals surface area contributed by atoms with Crippen LogP contribution >= 0.6 is 0 Å². The Morgan fingerprint density at radius 2 is 1.89 bits per heavy atom. The van der Waals surface area contributed by atoms with Crippen LogP contribution < -0.4 is 5.32 Å². The second kappa shape index (κ2) is 6.24. The Morgan fingerprint density at radius 1 is 1.16 bits per heavy atom. The average molecular weight is 257 g/mol. The molecule has 2 aromatic rings. The first-order valence-corrected chi connectivity index (χ1v) is 6.27. The third-order valence-corrected chi connectivity index (χ3v) is 2.77. The van der Waals surface area contributed by atoms with Gasteiger partial charge in [0.15, 0.2) is 0 Å². The molecule has 0 amide bonds. The van der Waals surface area contributed by atoms with Gasteiger partial charge in [0.2, 0.25) is 0 Å². The number of hydrogen-bond donors (Lipinski definition) is 1. The van der Waals surface area contributed by atoms with Crippen LogP contribution in [0, 0.1) is 6.92 Å². The Balaban J connectivity index is 2.02. The molecule has 0 aliphatic heterocycles. The van der Waals surface area contributed by atoms with Crippen LogP contribution in [0.5, 0.6) is 0 Å². The molecule has 19 heavy (non-hydrogen) atoms. The Labute approximate surface area is 113 Å². The summed E-state index contributed by atoms with van der Waals surface area (Å²) in [6.07, 6.45) is 3.62. The van der Waals surface area contributed by atoms with Crippen molar-refractivity contribution in [1.29, 1.82) is 0 Å². The zero-order valence-corrected chi connectivity index (χ0v) is 11.6. The zero-order valence-electron chi connectivity index (χ0n) is 11.6. The van der Waals surface area contributed by atoms with Crippen LogP contribution in [-0.2, 0) is 13.1 Å². The van der Waals surface area contributed by atoms with Crippen molar-refractivity contribution in [2.75, 3.05) is 19.4 Å². The lowest BCUT2D eigenvalue weighted by molar-refractivity contribution is 0.310. The van der Waals surface area contributed by atoms with E-state index in [1.54, 1.807) is 0 Å². The van der Waals surface area contributed by atoms with Gasteiger partial charge in [0.1, 0.15) is 11.6 Å². The second-order valence-electron chi connectivity index (χ2n) is 4.59. The molecular formula is C14H19N5. The lowest BCUT2D eigenvalue weighted by Crippen LogP contribution is -2.19. The summed E-state index contributed by atoms with van der Waals surface area (Å²) in [5.41, 5.74) is 2.21. The molecule has 0 saturated carbocycles. The molecule has 0 aliphatic rings. The van der Waals surface area contributed by atoms with E-state index < -0.39 is 0 Å². The van der Waals surface area contributed by atoms with Gasteiger partial charge >= 0.3 is 0 Å². The minimum Gasteiger partial charge on any atom is -0.373 e. The van der Waals surface area contributed by atoms with E-state index in [1.807, 2.05) is 44.6 Å². The molecule has 0 radical (unpaired) electrons. The number of aryl methyl sites for hydroxylation is 1. The van der Waals surface area contributed by atoms with E-state index in [9.17, 15) is 0 Å². The Hall–Kier alpha value is -2.01. The van der Waals surface area contributed by atoms with Gasteiger partial charge in [-0.05, 0) is 31.7 Å². The Kier molecular flexibility index (Phi) is 4.41. The molecule has 0 aromatic carbocycles. The number of nitrogens with zero attached hydrogens (tertiary/aromatic N) is 4. The lowest BCUT2D eigenvalue weighted by atomic mass is 10.2. The molecule has 5 heteroatoms. The first-order valence-electron chi connectivity index (χ1n) is 6.27. The van der Waals surface area contributed by atoms with Gasteiger partial charge in [-0.1, -0.05) is 0 Å². The maximum Gasteiger partial charge on any atom is 0.144 e. The van der Waals surface area contributed by atoms with Crippen LogP contribution in [0.25, 0.3) is 0 Å². The summed E-state index contributed by atoms with van der Waals surface area (Å²) in [6, 6.07) is 5.98. The Morgan fingerprint density at radius 3 is 2.58 bits per heavy atom. The fourth-order valence-corrected chi connectivity index (χ4v) is 1.93. The smallest absolute Gasteiger partial charge is 0.144 e. The maximum atomic E-state index is 4.46. The van der Waals surface area contributed by atoms with Gasteiger partial charge in [0.25, 0.3) is 0 Å². The van der Waals surface area contributed by atoms with Gasteiger partial charge in [-0.2, -0.15) is 0 Å². The average Bonchev–Trinajstić information content (AvgIpc) is 2.38. The van der Waals surface area contributed by atoms with E-state index in [4.69, 9.17) is 0 Å². The van der Waals surface area contributed by atoms with Crippen molar-refractivity contribution in [2.45, 2.75) is 20.0 Å². The van der Waals surface area contributed by atoms with Crippen molar-refractivity contribution in [3.05, 3.63) is 47.7 Å². The summed E-state index contributed by atoms with van der Waals surface area (Å²) in [6.45, 7) is 3.56. The molecular weight excluding hydrogens is 238 g/mol. The summed E-state index contributed by atoms with van der Waals surface area (Å²) in [5, 5.41) is 3.05.